The van der Waals surface area contributed by atoms with Crippen LogP contribution in [0.25, 0.3) is 0 Å². The summed E-state index contributed by atoms with van der Waals surface area (Å²) >= 11 is 6.38. The van der Waals surface area contributed by atoms with Crippen molar-refractivity contribution in [3.8, 4) is 23.0 Å². The molecule has 0 amide bonds. The molecule has 0 fully saturated rings. The van der Waals surface area contributed by atoms with Crippen LogP contribution in [0.1, 0.15) is 28.3 Å². The van der Waals surface area contributed by atoms with Gasteiger partial charge in [0.25, 0.3) is 0 Å². The zero-order chi connectivity index (χ0) is 21.4. The largest absolute Gasteiger partial charge is 0.493 e. The quantitative estimate of drug-likeness (QED) is 0.546. The number of halogens is 1. The van der Waals surface area contributed by atoms with Gasteiger partial charge in [0.2, 0.25) is 6.79 Å². The summed E-state index contributed by atoms with van der Waals surface area (Å²) in [7, 11) is 3.35. The van der Waals surface area contributed by atoms with Crippen molar-refractivity contribution in [2.75, 3.05) is 27.6 Å². The number of nitrogens with zero attached hydrogens (tertiary/aromatic N) is 1. The molecule has 2 aliphatic rings. The molecule has 0 saturated heterocycles. The molecule has 0 radical (unpaired) electrons. The van der Waals surface area contributed by atoms with Crippen LogP contribution in [0.2, 0.25) is 5.02 Å². The SMILES string of the molecule is COc1cc2c(cc1OC)[C@H](c1cccc(Cl)c1)N(Cc1ccc3c(c1)OCO3)CC2. The summed E-state index contributed by atoms with van der Waals surface area (Å²) in [5.41, 5.74) is 4.82. The lowest BCUT2D eigenvalue weighted by molar-refractivity contribution is 0.173. The second-order valence-corrected chi connectivity index (χ2v) is 8.21. The van der Waals surface area contributed by atoms with Crippen molar-refractivity contribution in [1.82, 2.24) is 4.90 Å². The van der Waals surface area contributed by atoms with E-state index >= 15 is 0 Å². The second kappa shape index (κ2) is 8.33. The first kappa shape index (κ1) is 20.0. The van der Waals surface area contributed by atoms with Crippen LogP contribution in [0.3, 0.4) is 0 Å². The third kappa shape index (κ3) is 3.80. The summed E-state index contributed by atoms with van der Waals surface area (Å²) < 4.78 is 22.2. The lowest BCUT2D eigenvalue weighted by Crippen LogP contribution is -2.35. The van der Waals surface area contributed by atoms with Crippen LogP contribution in [-0.2, 0) is 13.0 Å². The lowest BCUT2D eigenvalue weighted by atomic mass is 9.87. The molecule has 160 valence electrons. The van der Waals surface area contributed by atoms with Gasteiger partial charge in [-0.2, -0.15) is 0 Å². The van der Waals surface area contributed by atoms with E-state index in [4.69, 9.17) is 30.5 Å². The molecule has 3 aromatic carbocycles. The number of hydrogen-bond donors (Lipinski definition) is 0. The van der Waals surface area contributed by atoms with E-state index in [2.05, 4.69) is 35.2 Å². The summed E-state index contributed by atoms with van der Waals surface area (Å²) in [4.78, 5) is 2.47. The monoisotopic (exact) mass is 437 g/mol. The molecular formula is C25H24ClNO4. The smallest absolute Gasteiger partial charge is 0.231 e. The Morgan fingerprint density at radius 3 is 2.58 bits per heavy atom. The third-order valence-corrected chi connectivity index (χ3v) is 6.20. The zero-order valence-electron chi connectivity index (χ0n) is 17.6. The van der Waals surface area contributed by atoms with Gasteiger partial charge in [0, 0.05) is 18.1 Å². The highest BCUT2D eigenvalue weighted by molar-refractivity contribution is 6.30. The minimum atomic E-state index is 0.0488. The first-order valence-corrected chi connectivity index (χ1v) is 10.7. The van der Waals surface area contributed by atoms with Gasteiger partial charge in [-0.1, -0.05) is 29.8 Å². The molecule has 0 unspecified atom stereocenters. The number of hydrogen-bond acceptors (Lipinski definition) is 5. The first-order valence-electron chi connectivity index (χ1n) is 10.3. The van der Waals surface area contributed by atoms with Gasteiger partial charge in [-0.05, 0) is 65.1 Å². The summed E-state index contributed by atoms with van der Waals surface area (Å²) in [5.74, 6) is 3.10. The summed E-state index contributed by atoms with van der Waals surface area (Å²) in [6.07, 6.45) is 0.928. The van der Waals surface area contributed by atoms with E-state index in [0.717, 1.165) is 53.1 Å². The number of ether oxygens (including phenoxy) is 4. The van der Waals surface area contributed by atoms with Crippen molar-refractivity contribution in [3.05, 3.63) is 81.9 Å². The first-order chi connectivity index (χ1) is 15.2. The normalized spacial score (nSPS) is 17.3. The molecule has 0 aliphatic carbocycles. The minimum absolute atomic E-state index is 0.0488. The number of rotatable bonds is 5. The third-order valence-electron chi connectivity index (χ3n) is 5.96. The highest BCUT2D eigenvalue weighted by Gasteiger charge is 2.31. The molecule has 6 heteroatoms. The van der Waals surface area contributed by atoms with Crippen LogP contribution in [0, 0.1) is 0 Å². The van der Waals surface area contributed by atoms with E-state index in [9.17, 15) is 0 Å². The van der Waals surface area contributed by atoms with Crippen molar-refractivity contribution in [2.45, 2.75) is 19.0 Å². The highest BCUT2D eigenvalue weighted by Crippen LogP contribution is 2.42. The maximum Gasteiger partial charge on any atom is 0.231 e. The Balaban J connectivity index is 1.56. The molecule has 31 heavy (non-hydrogen) atoms. The number of methoxy groups -OCH3 is 2. The molecule has 3 aromatic rings. The predicted octanol–water partition coefficient (Wildman–Crippen LogP) is 5.23. The molecule has 0 bridgehead atoms. The Kier molecular flexibility index (Phi) is 5.38. The summed E-state index contributed by atoms with van der Waals surface area (Å²) in [5, 5.41) is 0.730. The Morgan fingerprint density at radius 2 is 1.77 bits per heavy atom. The minimum Gasteiger partial charge on any atom is -0.493 e. The topological polar surface area (TPSA) is 40.2 Å². The fourth-order valence-electron chi connectivity index (χ4n) is 4.51. The van der Waals surface area contributed by atoms with E-state index in [1.807, 2.05) is 24.3 Å². The molecule has 1 atom stereocenters. The Hall–Kier alpha value is -2.89. The molecular weight excluding hydrogens is 414 g/mol. The standard InChI is InChI=1S/C25H24ClNO4/c1-28-22-12-17-8-9-27(14-16-6-7-21-24(10-16)31-15-30-21)25(20(17)13-23(22)29-2)18-4-3-5-19(26)11-18/h3-7,10-13,25H,8-9,14-15H2,1-2H3/t25-/m0/s1. The molecule has 0 aromatic heterocycles. The van der Waals surface area contributed by atoms with E-state index in [1.165, 1.54) is 16.7 Å². The van der Waals surface area contributed by atoms with E-state index in [0.29, 0.717) is 0 Å². The van der Waals surface area contributed by atoms with Crippen molar-refractivity contribution in [1.29, 1.82) is 0 Å². The van der Waals surface area contributed by atoms with Crippen LogP contribution < -0.4 is 18.9 Å². The average Bonchev–Trinajstić information content (AvgIpc) is 3.26. The Labute approximate surface area is 187 Å². The van der Waals surface area contributed by atoms with Gasteiger partial charge in [0.1, 0.15) is 0 Å². The molecule has 2 aliphatic heterocycles. The van der Waals surface area contributed by atoms with Gasteiger partial charge in [0.05, 0.1) is 20.3 Å². The highest BCUT2D eigenvalue weighted by atomic mass is 35.5. The lowest BCUT2D eigenvalue weighted by Gasteiger charge is -2.38. The van der Waals surface area contributed by atoms with Crippen molar-refractivity contribution >= 4 is 11.6 Å². The van der Waals surface area contributed by atoms with Crippen molar-refractivity contribution in [3.63, 3.8) is 0 Å². The predicted molar refractivity (Wildman–Crippen MR) is 120 cm³/mol. The number of benzene rings is 3. The fraction of sp³-hybridized carbons (Fsp3) is 0.280. The fourth-order valence-corrected chi connectivity index (χ4v) is 4.71. The van der Waals surface area contributed by atoms with Crippen LogP contribution in [0.15, 0.2) is 54.6 Å². The zero-order valence-corrected chi connectivity index (χ0v) is 18.3. The molecule has 2 heterocycles. The summed E-state index contributed by atoms with van der Waals surface area (Å²) in [6, 6.07) is 18.5. The van der Waals surface area contributed by atoms with Crippen LogP contribution in [-0.4, -0.2) is 32.5 Å². The van der Waals surface area contributed by atoms with Crippen LogP contribution >= 0.6 is 11.6 Å². The summed E-state index contributed by atoms with van der Waals surface area (Å²) in [6.45, 7) is 1.97. The maximum atomic E-state index is 6.38. The van der Waals surface area contributed by atoms with Gasteiger partial charge >= 0.3 is 0 Å². The van der Waals surface area contributed by atoms with E-state index in [-0.39, 0.29) is 12.8 Å². The Bertz CT molecular complexity index is 1120. The van der Waals surface area contributed by atoms with E-state index < -0.39 is 0 Å². The molecule has 5 rings (SSSR count). The average molecular weight is 438 g/mol. The molecule has 5 nitrogen and oxygen atoms in total. The molecule has 0 saturated carbocycles. The van der Waals surface area contributed by atoms with Gasteiger partial charge < -0.3 is 18.9 Å². The van der Waals surface area contributed by atoms with Crippen LogP contribution in [0.4, 0.5) is 0 Å². The van der Waals surface area contributed by atoms with Gasteiger partial charge in [-0.3, -0.25) is 4.90 Å². The second-order valence-electron chi connectivity index (χ2n) is 7.77. The molecule has 0 spiro atoms. The Morgan fingerprint density at radius 1 is 0.968 bits per heavy atom. The van der Waals surface area contributed by atoms with Gasteiger partial charge in [-0.15, -0.1) is 0 Å². The van der Waals surface area contributed by atoms with Crippen LogP contribution in [0.5, 0.6) is 23.0 Å². The van der Waals surface area contributed by atoms with Crippen molar-refractivity contribution in [2.24, 2.45) is 0 Å². The molecule has 0 N–H and O–H groups in total. The van der Waals surface area contributed by atoms with E-state index in [1.54, 1.807) is 14.2 Å². The van der Waals surface area contributed by atoms with Crippen molar-refractivity contribution < 1.29 is 18.9 Å². The maximum absolute atomic E-state index is 6.38. The van der Waals surface area contributed by atoms with Gasteiger partial charge in [0.15, 0.2) is 23.0 Å². The van der Waals surface area contributed by atoms with Gasteiger partial charge in [-0.25, -0.2) is 0 Å². The number of fused-ring (bicyclic) bond motifs is 2.